The molecule has 0 saturated carbocycles. The standard InChI is InChI=1S/C20H20F3N5O3/c1-12-8-13(2)28(25-12)11-17(29)27-6-7-30-16(10-27)19-24-18(26-31-19)14-4-3-5-15(9-14)20(21,22)23/h3-5,8-9,16H,6-7,10-11H2,1-2H3/t16-/m1/s1. The van der Waals surface area contributed by atoms with E-state index < -0.39 is 17.8 Å². The van der Waals surface area contributed by atoms with Crippen LogP contribution in [0.25, 0.3) is 11.4 Å². The first-order valence-corrected chi connectivity index (χ1v) is 9.62. The van der Waals surface area contributed by atoms with Crippen molar-refractivity contribution >= 4 is 5.91 Å². The molecule has 2 aromatic heterocycles. The van der Waals surface area contributed by atoms with Crippen molar-refractivity contribution in [3.63, 3.8) is 0 Å². The summed E-state index contributed by atoms with van der Waals surface area (Å²) in [7, 11) is 0. The number of halogens is 3. The second-order valence-electron chi connectivity index (χ2n) is 7.32. The minimum Gasteiger partial charge on any atom is -0.365 e. The third-order valence-electron chi connectivity index (χ3n) is 4.97. The lowest BCUT2D eigenvalue weighted by Crippen LogP contribution is -2.44. The zero-order valence-electron chi connectivity index (χ0n) is 16.9. The van der Waals surface area contributed by atoms with Gasteiger partial charge in [-0.2, -0.15) is 23.3 Å². The third-order valence-corrected chi connectivity index (χ3v) is 4.97. The first kappa shape index (κ1) is 21.0. The number of morpholine rings is 1. The van der Waals surface area contributed by atoms with Crippen LogP contribution >= 0.6 is 0 Å². The molecule has 0 spiro atoms. The Kier molecular flexibility index (Phi) is 5.52. The van der Waals surface area contributed by atoms with Crippen LogP contribution in [-0.2, 0) is 22.3 Å². The molecule has 164 valence electrons. The molecule has 1 atom stereocenters. The second kappa shape index (κ2) is 8.14. The van der Waals surface area contributed by atoms with Gasteiger partial charge in [-0.15, -0.1) is 0 Å². The summed E-state index contributed by atoms with van der Waals surface area (Å²) in [6, 6.07) is 6.57. The van der Waals surface area contributed by atoms with Gasteiger partial charge in [0.05, 0.1) is 24.4 Å². The molecule has 0 N–H and O–H groups in total. The lowest BCUT2D eigenvalue weighted by atomic mass is 10.1. The van der Waals surface area contributed by atoms with Crippen LogP contribution in [0.3, 0.4) is 0 Å². The van der Waals surface area contributed by atoms with Crippen molar-refractivity contribution in [2.45, 2.75) is 32.7 Å². The first-order chi connectivity index (χ1) is 14.7. The van der Waals surface area contributed by atoms with Gasteiger partial charge in [-0.1, -0.05) is 17.3 Å². The molecule has 1 aromatic carbocycles. The maximum Gasteiger partial charge on any atom is 0.416 e. The van der Waals surface area contributed by atoms with Gasteiger partial charge in [0.15, 0.2) is 6.10 Å². The Morgan fingerprint density at radius 2 is 2.06 bits per heavy atom. The molecule has 1 aliphatic heterocycles. The number of hydrogen-bond acceptors (Lipinski definition) is 6. The number of ether oxygens (including phenoxy) is 1. The summed E-state index contributed by atoms with van der Waals surface area (Å²) in [5.41, 5.74) is 1.10. The number of carbonyl (C=O) groups excluding carboxylic acids is 1. The Morgan fingerprint density at radius 3 is 2.77 bits per heavy atom. The van der Waals surface area contributed by atoms with Crippen LogP contribution in [0.1, 0.15) is 28.9 Å². The Morgan fingerprint density at radius 1 is 1.26 bits per heavy atom. The second-order valence-corrected chi connectivity index (χ2v) is 7.32. The van der Waals surface area contributed by atoms with E-state index in [2.05, 4.69) is 15.2 Å². The quantitative estimate of drug-likeness (QED) is 0.626. The minimum absolute atomic E-state index is 0.0239. The molecule has 0 bridgehead atoms. The molecule has 1 amide bonds. The largest absolute Gasteiger partial charge is 0.416 e. The summed E-state index contributed by atoms with van der Waals surface area (Å²) in [5, 5.41) is 8.09. The lowest BCUT2D eigenvalue weighted by Gasteiger charge is -2.31. The van der Waals surface area contributed by atoms with Crippen LogP contribution < -0.4 is 0 Å². The Hall–Kier alpha value is -3.21. The van der Waals surface area contributed by atoms with Gasteiger partial charge in [0.2, 0.25) is 11.7 Å². The topological polar surface area (TPSA) is 86.3 Å². The highest BCUT2D eigenvalue weighted by atomic mass is 19.4. The molecule has 0 radical (unpaired) electrons. The average Bonchev–Trinajstić information content (AvgIpc) is 3.34. The molecule has 8 nitrogen and oxygen atoms in total. The molecular formula is C20H20F3N5O3. The van der Waals surface area contributed by atoms with Crippen molar-refractivity contribution < 1.29 is 27.2 Å². The predicted molar refractivity (Wildman–Crippen MR) is 102 cm³/mol. The van der Waals surface area contributed by atoms with Crippen molar-refractivity contribution in [1.29, 1.82) is 0 Å². The highest BCUT2D eigenvalue weighted by molar-refractivity contribution is 5.76. The molecular weight excluding hydrogens is 415 g/mol. The smallest absolute Gasteiger partial charge is 0.365 e. The van der Waals surface area contributed by atoms with E-state index >= 15 is 0 Å². The van der Waals surface area contributed by atoms with Gasteiger partial charge in [0.25, 0.3) is 5.89 Å². The number of aromatic nitrogens is 4. The molecule has 11 heteroatoms. The Labute approximate surface area is 175 Å². The number of carbonyl (C=O) groups is 1. The van der Waals surface area contributed by atoms with Crippen LogP contribution in [0, 0.1) is 13.8 Å². The third kappa shape index (κ3) is 4.61. The monoisotopic (exact) mass is 435 g/mol. The maximum atomic E-state index is 13.0. The highest BCUT2D eigenvalue weighted by Crippen LogP contribution is 2.32. The first-order valence-electron chi connectivity index (χ1n) is 9.62. The van der Waals surface area contributed by atoms with Gasteiger partial charge in [-0.05, 0) is 32.0 Å². The van der Waals surface area contributed by atoms with Gasteiger partial charge < -0.3 is 14.2 Å². The number of alkyl halides is 3. The fraction of sp³-hybridized carbons (Fsp3) is 0.400. The zero-order valence-corrected chi connectivity index (χ0v) is 16.9. The van der Waals surface area contributed by atoms with E-state index in [1.807, 2.05) is 19.9 Å². The number of nitrogens with zero attached hydrogens (tertiary/aromatic N) is 5. The molecule has 0 unspecified atom stereocenters. The molecule has 1 saturated heterocycles. The van der Waals surface area contributed by atoms with Crippen LogP contribution in [-0.4, -0.2) is 50.4 Å². The summed E-state index contributed by atoms with van der Waals surface area (Å²) in [6.07, 6.45) is -5.13. The van der Waals surface area contributed by atoms with Crippen LogP contribution in [0.2, 0.25) is 0 Å². The van der Waals surface area contributed by atoms with Crippen LogP contribution in [0.5, 0.6) is 0 Å². The van der Waals surface area contributed by atoms with Gasteiger partial charge >= 0.3 is 6.18 Å². The van der Waals surface area contributed by atoms with E-state index in [4.69, 9.17) is 9.26 Å². The van der Waals surface area contributed by atoms with Crippen molar-refractivity contribution in [2.24, 2.45) is 0 Å². The molecule has 4 rings (SSSR count). The summed E-state index contributed by atoms with van der Waals surface area (Å²) in [5.74, 6) is 0.00364. The Bertz CT molecular complexity index is 1090. The fourth-order valence-electron chi connectivity index (χ4n) is 3.41. The van der Waals surface area contributed by atoms with Crippen molar-refractivity contribution in [2.75, 3.05) is 19.7 Å². The molecule has 31 heavy (non-hydrogen) atoms. The van der Waals surface area contributed by atoms with E-state index in [9.17, 15) is 18.0 Å². The van der Waals surface area contributed by atoms with Gasteiger partial charge in [-0.3, -0.25) is 9.48 Å². The maximum absolute atomic E-state index is 13.0. The Balaban J connectivity index is 1.46. The van der Waals surface area contributed by atoms with Crippen LogP contribution in [0.15, 0.2) is 34.9 Å². The van der Waals surface area contributed by atoms with E-state index in [1.165, 1.54) is 12.1 Å². The van der Waals surface area contributed by atoms with E-state index in [1.54, 1.807) is 9.58 Å². The molecule has 0 aliphatic carbocycles. The minimum atomic E-state index is -4.47. The molecule has 3 heterocycles. The van der Waals surface area contributed by atoms with Crippen molar-refractivity contribution in [3.05, 3.63) is 53.2 Å². The summed E-state index contributed by atoms with van der Waals surface area (Å²) in [4.78, 5) is 18.5. The van der Waals surface area contributed by atoms with E-state index in [0.717, 1.165) is 23.5 Å². The summed E-state index contributed by atoms with van der Waals surface area (Å²) < 4.78 is 51.4. The molecule has 1 fully saturated rings. The van der Waals surface area contributed by atoms with E-state index in [0.29, 0.717) is 6.54 Å². The number of hydrogen-bond donors (Lipinski definition) is 0. The van der Waals surface area contributed by atoms with Crippen molar-refractivity contribution in [3.8, 4) is 11.4 Å². The number of rotatable bonds is 4. The summed E-state index contributed by atoms with van der Waals surface area (Å²) in [6.45, 7) is 4.71. The number of benzene rings is 1. The van der Waals surface area contributed by atoms with E-state index in [-0.39, 0.29) is 42.9 Å². The summed E-state index contributed by atoms with van der Waals surface area (Å²) >= 11 is 0. The fourth-order valence-corrected chi connectivity index (χ4v) is 3.41. The van der Waals surface area contributed by atoms with Gasteiger partial charge in [0, 0.05) is 17.8 Å². The zero-order chi connectivity index (χ0) is 22.2. The number of aryl methyl sites for hydroxylation is 2. The lowest BCUT2D eigenvalue weighted by molar-refractivity contribution is -0.141. The van der Waals surface area contributed by atoms with Gasteiger partial charge in [0.1, 0.15) is 6.54 Å². The van der Waals surface area contributed by atoms with Gasteiger partial charge in [-0.25, -0.2) is 0 Å². The van der Waals surface area contributed by atoms with Crippen LogP contribution in [0.4, 0.5) is 13.2 Å². The SMILES string of the molecule is Cc1cc(C)n(CC(=O)N2CCO[C@@H](c3nc(-c4cccc(C(F)(F)F)c4)no3)C2)n1. The average molecular weight is 435 g/mol. The molecule has 1 aliphatic rings. The highest BCUT2D eigenvalue weighted by Gasteiger charge is 2.32. The number of amides is 1. The predicted octanol–water partition coefficient (Wildman–Crippen LogP) is 3.17. The van der Waals surface area contributed by atoms with Crippen molar-refractivity contribution in [1.82, 2.24) is 24.8 Å². The normalized spacial score (nSPS) is 17.2. The molecule has 3 aromatic rings.